The molecule has 5 nitrogen and oxygen atoms in total. The van der Waals surface area contributed by atoms with Crippen LogP contribution in [0.5, 0.6) is 0 Å². The van der Waals surface area contributed by atoms with Gasteiger partial charge in [-0.1, -0.05) is 182 Å². The summed E-state index contributed by atoms with van der Waals surface area (Å²) in [6.07, 6.45) is -0.277. The Kier molecular flexibility index (Phi) is 9.05. The summed E-state index contributed by atoms with van der Waals surface area (Å²) < 4.78 is 9.03. The summed E-state index contributed by atoms with van der Waals surface area (Å²) in [5, 5.41) is 13.5. The zero-order chi connectivity index (χ0) is 42.6. The lowest BCUT2D eigenvalue weighted by Crippen LogP contribution is -2.74. The monoisotopic (exact) mass is 838 g/mol. The number of nitrogens with one attached hydrogen (secondary N) is 1. The Morgan fingerprint density at radius 3 is 1.72 bits per heavy atom. The maximum absolute atomic E-state index is 6.59. The molecule has 0 saturated heterocycles. The molecule has 12 rings (SSSR count). The highest BCUT2D eigenvalue weighted by molar-refractivity contribution is 7.20. The first-order chi connectivity index (χ1) is 31.6. The van der Waals surface area contributed by atoms with Crippen LogP contribution in [0.25, 0.3) is 49.4 Å². The summed E-state index contributed by atoms with van der Waals surface area (Å²) in [4.78, 5) is 10.3. The van der Waals surface area contributed by atoms with E-state index in [1.54, 1.807) is 0 Å². The molecule has 304 valence electrons. The molecule has 0 bridgehead atoms. The van der Waals surface area contributed by atoms with Gasteiger partial charge in [-0.05, 0) is 81.3 Å². The molecule has 0 amide bonds. The van der Waals surface area contributed by atoms with E-state index in [1.807, 2.05) is 30.3 Å². The van der Waals surface area contributed by atoms with Gasteiger partial charge in [-0.25, -0.2) is 9.98 Å². The van der Waals surface area contributed by atoms with Gasteiger partial charge in [0.25, 0.3) is 0 Å². The van der Waals surface area contributed by atoms with Crippen LogP contribution in [0.1, 0.15) is 28.4 Å². The number of rotatable bonds is 8. The number of hydrogen-bond acceptors (Lipinski definition) is 4. The van der Waals surface area contributed by atoms with E-state index >= 15 is 0 Å². The number of aliphatic imine (C=N–C) groups is 2. The van der Waals surface area contributed by atoms with Gasteiger partial charge in [0.2, 0.25) is 0 Å². The van der Waals surface area contributed by atoms with Crippen LogP contribution in [0.15, 0.2) is 239 Å². The van der Waals surface area contributed by atoms with Crippen molar-refractivity contribution in [3.8, 4) is 5.69 Å². The molecule has 6 heteroatoms. The molecule has 0 fully saturated rings. The zero-order valence-corrected chi connectivity index (χ0v) is 36.2. The van der Waals surface area contributed by atoms with Crippen LogP contribution in [0.3, 0.4) is 0 Å². The summed E-state index contributed by atoms with van der Waals surface area (Å²) in [6.45, 7) is 2.20. The number of fused-ring (bicyclic) bond motifs is 6. The van der Waals surface area contributed by atoms with Crippen molar-refractivity contribution in [2.75, 3.05) is 0 Å². The maximum atomic E-state index is 6.59. The van der Waals surface area contributed by atoms with Crippen LogP contribution in [0.2, 0.25) is 0 Å². The van der Waals surface area contributed by atoms with E-state index in [0.717, 1.165) is 72.1 Å². The fourth-order valence-electron chi connectivity index (χ4n) is 9.97. The lowest BCUT2D eigenvalue weighted by atomic mass is 10.1. The smallest absolute Gasteiger partial charge is 0.179 e. The topological polar surface area (TPSA) is 54.8 Å². The molecule has 0 saturated carbocycles. The molecule has 0 aliphatic carbocycles. The van der Waals surface area contributed by atoms with Gasteiger partial charge in [0.05, 0.1) is 11.0 Å². The lowest BCUT2D eigenvalue weighted by Gasteiger charge is -2.34. The summed E-state index contributed by atoms with van der Waals surface area (Å²) in [5.41, 5.74) is 9.31. The molecule has 1 aliphatic heterocycles. The van der Waals surface area contributed by atoms with Crippen molar-refractivity contribution in [1.82, 2.24) is 9.88 Å². The number of amidine groups is 2. The number of aryl methyl sites for hydroxylation is 1. The number of furan rings is 1. The van der Waals surface area contributed by atoms with Crippen LogP contribution in [-0.4, -0.2) is 24.3 Å². The van der Waals surface area contributed by atoms with Gasteiger partial charge in [0.1, 0.15) is 23.2 Å². The highest BCUT2D eigenvalue weighted by atomic mass is 28.3. The first kappa shape index (κ1) is 37.7. The van der Waals surface area contributed by atoms with Crippen molar-refractivity contribution in [3.05, 3.63) is 247 Å². The normalized spacial score (nSPS) is 14.2. The molecular weight excluding hydrogens is 797 g/mol. The van der Waals surface area contributed by atoms with Gasteiger partial charge in [0, 0.05) is 38.4 Å². The van der Waals surface area contributed by atoms with Crippen molar-refractivity contribution in [2.45, 2.75) is 13.1 Å². The van der Waals surface area contributed by atoms with Crippen molar-refractivity contribution in [1.29, 1.82) is 0 Å². The summed E-state index contributed by atoms with van der Waals surface area (Å²) in [7, 11) is -2.82. The van der Waals surface area contributed by atoms with Gasteiger partial charge < -0.3 is 14.3 Å². The van der Waals surface area contributed by atoms with E-state index in [2.05, 4.69) is 211 Å². The third-order valence-corrected chi connectivity index (χ3v) is 17.7. The van der Waals surface area contributed by atoms with E-state index in [0.29, 0.717) is 5.84 Å². The Hall–Kier alpha value is -8.06. The Morgan fingerprint density at radius 2 is 1.06 bits per heavy atom. The van der Waals surface area contributed by atoms with Crippen molar-refractivity contribution >= 4 is 84.2 Å². The Morgan fingerprint density at radius 1 is 0.469 bits per heavy atom. The third kappa shape index (κ3) is 6.14. The predicted molar refractivity (Wildman–Crippen MR) is 268 cm³/mol. The minimum absolute atomic E-state index is 0.277. The highest BCUT2D eigenvalue weighted by Gasteiger charge is 2.41. The third-order valence-electron chi connectivity index (χ3n) is 12.9. The van der Waals surface area contributed by atoms with Crippen LogP contribution in [-0.2, 0) is 0 Å². The number of aromatic nitrogens is 1. The molecule has 2 aromatic heterocycles. The summed E-state index contributed by atoms with van der Waals surface area (Å²) in [5.74, 6) is 1.50. The van der Waals surface area contributed by atoms with E-state index in [1.165, 1.54) is 26.1 Å². The average molecular weight is 839 g/mol. The first-order valence-electron chi connectivity index (χ1n) is 21.8. The number of para-hydroxylation sites is 1. The second kappa shape index (κ2) is 15.4. The molecule has 1 aliphatic rings. The second-order valence-electron chi connectivity index (χ2n) is 16.6. The van der Waals surface area contributed by atoms with Crippen LogP contribution < -0.4 is 26.1 Å². The van der Waals surface area contributed by atoms with E-state index in [-0.39, 0.29) is 6.17 Å². The molecule has 0 radical (unpaired) electrons. The fourth-order valence-corrected chi connectivity index (χ4v) is 14.7. The largest absolute Gasteiger partial charge is 0.456 e. The minimum atomic E-state index is -2.82. The zero-order valence-electron chi connectivity index (χ0n) is 35.2. The molecule has 1 unspecified atom stereocenters. The van der Waals surface area contributed by atoms with E-state index < -0.39 is 8.07 Å². The van der Waals surface area contributed by atoms with Crippen LogP contribution in [0.4, 0.5) is 0 Å². The van der Waals surface area contributed by atoms with Crippen molar-refractivity contribution < 1.29 is 4.42 Å². The van der Waals surface area contributed by atoms with E-state index in [9.17, 15) is 0 Å². The molecule has 64 heavy (non-hydrogen) atoms. The van der Waals surface area contributed by atoms with Crippen molar-refractivity contribution in [3.63, 3.8) is 0 Å². The van der Waals surface area contributed by atoms with Gasteiger partial charge in [0.15, 0.2) is 13.9 Å². The Bertz CT molecular complexity index is 3480. The SMILES string of the molecule is Cc1cc(C2=NC(c3ccccc3)NC(c3ccccc3)=N2)ccc1-n1c2ccc([Si](c3ccccc3)(c3ccccc3)c3ccccc3)cc2c2cc3oc4ccccc4c3cc21. The number of benzene rings is 9. The second-order valence-corrected chi connectivity index (χ2v) is 20.4. The van der Waals surface area contributed by atoms with Gasteiger partial charge >= 0.3 is 0 Å². The predicted octanol–water partition coefficient (Wildman–Crippen LogP) is 10.9. The molecular formula is C58H42N4OSi. The standard InChI is InChI=1S/C58H42N4OSi/c1-39-35-42(58-60-56(40-19-7-2-8-20-40)59-57(61-58)41-21-9-3-10-22-41)31-33-51(39)62-52-34-32-46(36-48(52)49-38-55-50(37-53(49)62)47-29-17-18-30-54(47)63-55)64(43-23-11-4-12-24-43,44-25-13-5-14-26-44)45-27-15-6-16-28-45/h2-38,56H,1H3,(H,59,60,61). The molecule has 1 atom stereocenters. The first-order valence-corrected chi connectivity index (χ1v) is 23.8. The molecule has 11 aromatic rings. The van der Waals surface area contributed by atoms with Crippen molar-refractivity contribution in [2.24, 2.45) is 9.98 Å². The Balaban J connectivity index is 1.09. The van der Waals surface area contributed by atoms with Gasteiger partial charge in [-0.15, -0.1) is 0 Å². The maximum Gasteiger partial charge on any atom is 0.179 e. The molecule has 9 aromatic carbocycles. The lowest BCUT2D eigenvalue weighted by molar-refractivity contribution is 0.669. The Labute approximate surface area is 372 Å². The summed E-state index contributed by atoms with van der Waals surface area (Å²) >= 11 is 0. The fraction of sp³-hybridized carbons (Fsp3) is 0.0345. The van der Waals surface area contributed by atoms with Crippen LogP contribution in [0, 0.1) is 6.92 Å². The average Bonchev–Trinajstić information content (AvgIpc) is 3.89. The number of hydrogen-bond donors (Lipinski definition) is 1. The van der Waals surface area contributed by atoms with Gasteiger partial charge in [-0.3, -0.25) is 0 Å². The molecule has 1 N–H and O–H groups in total. The minimum Gasteiger partial charge on any atom is -0.456 e. The molecule has 3 heterocycles. The van der Waals surface area contributed by atoms with E-state index in [4.69, 9.17) is 14.4 Å². The quantitative estimate of drug-likeness (QED) is 0.122. The van der Waals surface area contributed by atoms with Gasteiger partial charge in [-0.2, -0.15) is 0 Å². The van der Waals surface area contributed by atoms with Crippen LogP contribution >= 0.6 is 0 Å². The molecule has 0 spiro atoms. The summed E-state index contributed by atoms with van der Waals surface area (Å²) in [6, 6.07) is 80.9. The highest BCUT2D eigenvalue weighted by Crippen LogP contribution is 2.39. The number of nitrogens with zero attached hydrogens (tertiary/aromatic N) is 3.